The Morgan fingerprint density at radius 1 is 1.35 bits per heavy atom. The summed E-state index contributed by atoms with van der Waals surface area (Å²) >= 11 is 3.55. The summed E-state index contributed by atoms with van der Waals surface area (Å²) in [5.41, 5.74) is 1.30. The lowest BCUT2D eigenvalue weighted by atomic mass is 9.68. The van der Waals surface area contributed by atoms with Gasteiger partial charge < -0.3 is 4.90 Å². The van der Waals surface area contributed by atoms with Gasteiger partial charge in [-0.25, -0.2) is 0 Å². The Morgan fingerprint density at radius 2 is 2.05 bits per heavy atom. The molecule has 0 heterocycles. The van der Waals surface area contributed by atoms with E-state index in [-0.39, 0.29) is 11.3 Å². The van der Waals surface area contributed by atoms with E-state index < -0.39 is 0 Å². The molecule has 1 amide bonds. The third-order valence-electron chi connectivity index (χ3n) is 4.55. The van der Waals surface area contributed by atoms with Crippen LogP contribution in [0.25, 0.3) is 0 Å². The fourth-order valence-electron chi connectivity index (χ4n) is 3.18. The average molecular weight is 338 g/mol. The molecule has 0 radical (unpaired) electrons. The van der Waals surface area contributed by atoms with Gasteiger partial charge in [0.2, 0.25) is 5.91 Å². The molecule has 1 unspecified atom stereocenters. The molecule has 0 aliphatic heterocycles. The standard InChI is InChI=1S/C17H24BrNO/c1-17(2)11-7-6-9-14(17)16(20)19(3)12-13-8-4-5-10-15(13)18/h4-5,8,10,14H,6-7,9,11-12H2,1-3H3. The molecule has 0 N–H and O–H groups in total. The van der Waals surface area contributed by atoms with Gasteiger partial charge in [0.15, 0.2) is 0 Å². The van der Waals surface area contributed by atoms with E-state index in [4.69, 9.17) is 0 Å². The van der Waals surface area contributed by atoms with Crippen molar-refractivity contribution in [1.29, 1.82) is 0 Å². The van der Waals surface area contributed by atoms with Gasteiger partial charge in [0, 0.05) is 24.0 Å². The van der Waals surface area contributed by atoms with Crippen LogP contribution in [0.4, 0.5) is 0 Å². The van der Waals surface area contributed by atoms with E-state index in [0.29, 0.717) is 12.5 Å². The van der Waals surface area contributed by atoms with Crippen LogP contribution in [0.5, 0.6) is 0 Å². The summed E-state index contributed by atoms with van der Waals surface area (Å²) in [4.78, 5) is 14.6. The second-order valence-corrected chi connectivity index (χ2v) is 7.43. The number of amides is 1. The number of hydrogen-bond acceptors (Lipinski definition) is 1. The maximum Gasteiger partial charge on any atom is 0.226 e. The van der Waals surface area contributed by atoms with E-state index in [1.165, 1.54) is 12.8 Å². The van der Waals surface area contributed by atoms with E-state index >= 15 is 0 Å². The van der Waals surface area contributed by atoms with Crippen LogP contribution < -0.4 is 0 Å². The molecule has 0 bridgehead atoms. The zero-order chi connectivity index (χ0) is 14.8. The second kappa shape index (κ2) is 6.30. The van der Waals surface area contributed by atoms with Crippen molar-refractivity contribution < 1.29 is 4.79 Å². The van der Waals surface area contributed by atoms with Gasteiger partial charge in [-0.1, -0.05) is 60.8 Å². The van der Waals surface area contributed by atoms with Crippen molar-refractivity contribution in [3.05, 3.63) is 34.3 Å². The quantitative estimate of drug-likeness (QED) is 0.787. The van der Waals surface area contributed by atoms with Crippen molar-refractivity contribution in [2.75, 3.05) is 7.05 Å². The summed E-state index contributed by atoms with van der Waals surface area (Å²) in [5, 5.41) is 0. The van der Waals surface area contributed by atoms with Crippen molar-refractivity contribution >= 4 is 21.8 Å². The summed E-state index contributed by atoms with van der Waals surface area (Å²) in [6.45, 7) is 5.15. The second-order valence-electron chi connectivity index (χ2n) is 6.57. The maximum atomic E-state index is 12.7. The van der Waals surface area contributed by atoms with Gasteiger partial charge in [0.1, 0.15) is 0 Å². The lowest BCUT2D eigenvalue weighted by Gasteiger charge is -2.39. The summed E-state index contributed by atoms with van der Waals surface area (Å²) < 4.78 is 1.07. The fourth-order valence-corrected chi connectivity index (χ4v) is 3.59. The third-order valence-corrected chi connectivity index (χ3v) is 5.32. The van der Waals surface area contributed by atoms with Crippen LogP contribution in [0.2, 0.25) is 0 Å². The number of carbonyl (C=O) groups is 1. The van der Waals surface area contributed by atoms with Crippen LogP contribution in [0, 0.1) is 11.3 Å². The topological polar surface area (TPSA) is 20.3 Å². The molecule has 110 valence electrons. The average Bonchev–Trinajstić information content (AvgIpc) is 2.40. The van der Waals surface area contributed by atoms with Crippen LogP contribution in [0.15, 0.2) is 28.7 Å². The first-order chi connectivity index (χ1) is 9.42. The highest BCUT2D eigenvalue weighted by atomic mass is 79.9. The third kappa shape index (κ3) is 3.43. The van der Waals surface area contributed by atoms with E-state index in [1.54, 1.807) is 0 Å². The van der Waals surface area contributed by atoms with Crippen molar-refractivity contribution in [1.82, 2.24) is 4.90 Å². The van der Waals surface area contributed by atoms with Gasteiger partial charge in [-0.05, 0) is 29.9 Å². The molecule has 1 fully saturated rings. The molecule has 0 spiro atoms. The van der Waals surface area contributed by atoms with E-state index in [1.807, 2.05) is 30.1 Å². The smallest absolute Gasteiger partial charge is 0.226 e. The molecule has 2 nitrogen and oxygen atoms in total. The van der Waals surface area contributed by atoms with Crippen LogP contribution in [0.3, 0.4) is 0 Å². The molecular weight excluding hydrogens is 314 g/mol. The molecule has 1 aromatic rings. The Hall–Kier alpha value is -0.830. The van der Waals surface area contributed by atoms with Crippen LogP contribution in [-0.4, -0.2) is 17.9 Å². The molecule has 1 aliphatic carbocycles. The SMILES string of the molecule is CN(Cc1ccccc1Br)C(=O)C1CCCCC1(C)C. The van der Waals surface area contributed by atoms with Crippen LogP contribution in [-0.2, 0) is 11.3 Å². The highest BCUT2D eigenvalue weighted by Gasteiger charge is 2.38. The summed E-state index contributed by atoms with van der Waals surface area (Å²) in [5.74, 6) is 0.467. The normalized spacial score (nSPS) is 21.5. The van der Waals surface area contributed by atoms with E-state index in [9.17, 15) is 4.79 Å². The Balaban J connectivity index is 2.07. The van der Waals surface area contributed by atoms with Crippen LogP contribution >= 0.6 is 15.9 Å². The predicted octanol–water partition coefficient (Wildman–Crippen LogP) is 4.62. The molecular formula is C17H24BrNO. The number of rotatable bonds is 3. The first-order valence-electron chi connectivity index (χ1n) is 7.40. The minimum absolute atomic E-state index is 0.136. The van der Waals surface area contributed by atoms with Gasteiger partial charge in [-0.15, -0.1) is 0 Å². The lowest BCUT2D eigenvalue weighted by Crippen LogP contribution is -2.41. The van der Waals surface area contributed by atoms with Crippen molar-refractivity contribution in [2.45, 2.75) is 46.1 Å². The van der Waals surface area contributed by atoms with Gasteiger partial charge in [-0.2, -0.15) is 0 Å². The molecule has 2 rings (SSSR count). The molecule has 0 saturated heterocycles. The summed E-state index contributed by atoms with van der Waals surface area (Å²) in [6.07, 6.45) is 4.63. The largest absolute Gasteiger partial charge is 0.341 e. The zero-order valence-corrected chi connectivity index (χ0v) is 14.2. The summed E-state index contributed by atoms with van der Waals surface area (Å²) in [7, 11) is 1.92. The fraction of sp³-hybridized carbons (Fsp3) is 0.588. The van der Waals surface area contributed by atoms with Crippen molar-refractivity contribution in [3.63, 3.8) is 0 Å². The Morgan fingerprint density at radius 3 is 2.70 bits per heavy atom. The number of benzene rings is 1. The predicted molar refractivity (Wildman–Crippen MR) is 86.4 cm³/mol. The van der Waals surface area contributed by atoms with Crippen LogP contribution in [0.1, 0.15) is 45.1 Å². The Kier molecular flexibility index (Phi) is 4.90. The minimum atomic E-state index is 0.136. The lowest BCUT2D eigenvalue weighted by molar-refractivity contribution is -0.140. The van der Waals surface area contributed by atoms with Gasteiger partial charge in [0.25, 0.3) is 0 Å². The van der Waals surface area contributed by atoms with E-state index in [2.05, 4.69) is 35.8 Å². The minimum Gasteiger partial charge on any atom is -0.341 e. The highest BCUT2D eigenvalue weighted by molar-refractivity contribution is 9.10. The first kappa shape index (κ1) is 15.6. The van der Waals surface area contributed by atoms with E-state index in [0.717, 1.165) is 22.9 Å². The van der Waals surface area contributed by atoms with Gasteiger partial charge in [0.05, 0.1) is 0 Å². The molecule has 1 aliphatic rings. The maximum absolute atomic E-state index is 12.7. The van der Waals surface area contributed by atoms with Gasteiger partial charge in [-0.3, -0.25) is 4.79 Å². The molecule has 20 heavy (non-hydrogen) atoms. The molecule has 1 saturated carbocycles. The molecule has 1 aromatic carbocycles. The zero-order valence-electron chi connectivity index (χ0n) is 12.7. The highest BCUT2D eigenvalue weighted by Crippen LogP contribution is 2.41. The number of carbonyl (C=O) groups excluding carboxylic acids is 1. The molecule has 0 aromatic heterocycles. The number of nitrogens with zero attached hydrogens (tertiary/aromatic N) is 1. The van der Waals surface area contributed by atoms with Gasteiger partial charge >= 0.3 is 0 Å². The molecule has 1 atom stereocenters. The summed E-state index contributed by atoms with van der Waals surface area (Å²) in [6, 6.07) is 8.11. The first-order valence-corrected chi connectivity index (χ1v) is 8.19. The van der Waals surface area contributed by atoms with Crippen molar-refractivity contribution in [2.24, 2.45) is 11.3 Å². The monoisotopic (exact) mass is 337 g/mol. The Bertz CT molecular complexity index is 484. The van der Waals surface area contributed by atoms with Crippen molar-refractivity contribution in [3.8, 4) is 0 Å². The molecule has 3 heteroatoms. The Labute approximate surface area is 130 Å². The number of halogens is 1. The number of hydrogen-bond donors (Lipinski definition) is 0.